The van der Waals surface area contributed by atoms with E-state index < -0.39 is 17.5 Å². The van der Waals surface area contributed by atoms with Crippen molar-refractivity contribution in [1.29, 1.82) is 0 Å². The summed E-state index contributed by atoms with van der Waals surface area (Å²) < 4.78 is 10.1. The highest BCUT2D eigenvalue weighted by molar-refractivity contribution is 5.74. The van der Waals surface area contributed by atoms with Crippen LogP contribution in [0.4, 0.5) is 0 Å². The number of ether oxygens (including phenoxy) is 2. The van der Waals surface area contributed by atoms with Gasteiger partial charge in [-0.25, -0.2) is 0 Å². The average molecular weight is 275 g/mol. The summed E-state index contributed by atoms with van der Waals surface area (Å²) in [5.41, 5.74) is -0.615. The Kier molecular flexibility index (Phi) is 6.71. The highest BCUT2D eigenvalue weighted by Crippen LogP contribution is 2.30. The maximum absolute atomic E-state index is 11.1. The molecule has 112 valence electrons. The second kappa shape index (κ2) is 7.79. The van der Waals surface area contributed by atoms with Gasteiger partial charge in [0.1, 0.15) is 0 Å². The number of hydrogen-bond donors (Lipinski definition) is 2. The lowest BCUT2D eigenvalue weighted by Gasteiger charge is -2.37. The summed E-state index contributed by atoms with van der Waals surface area (Å²) in [6.07, 6.45) is 0.713. The second-order valence-electron chi connectivity index (χ2n) is 5.39. The van der Waals surface area contributed by atoms with Gasteiger partial charge in [0.15, 0.2) is 0 Å². The Balaban J connectivity index is 2.20. The lowest BCUT2D eigenvalue weighted by atomic mass is 9.80. The predicted molar refractivity (Wildman–Crippen MR) is 70.1 cm³/mol. The number of likely N-dealkylation sites (tertiary alicyclic amines) is 1. The SMILES string of the molecule is COCCOCC(O)CN1CCC(C)(C(=O)O)CC1. The summed E-state index contributed by atoms with van der Waals surface area (Å²) >= 11 is 0. The van der Waals surface area contributed by atoms with Gasteiger partial charge >= 0.3 is 5.97 Å². The smallest absolute Gasteiger partial charge is 0.309 e. The van der Waals surface area contributed by atoms with Gasteiger partial charge in [0.05, 0.1) is 31.3 Å². The van der Waals surface area contributed by atoms with Crippen molar-refractivity contribution >= 4 is 5.97 Å². The van der Waals surface area contributed by atoms with Crippen molar-refractivity contribution in [2.75, 3.05) is 46.6 Å². The fraction of sp³-hybridized carbons (Fsp3) is 0.923. The zero-order chi connectivity index (χ0) is 14.3. The lowest BCUT2D eigenvalue weighted by Crippen LogP contribution is -2.45. The molecule has 0 aliphatic carbocycles. The second-order valence-corrected chi connectivity index (χ2v) is 5.39. The molecule has 0 aromatic rings. The van der Waals surface area contributed by atoms with Crippen molar-refractivity contribution in [3.63, 3.8) is 0 Å². The summed E-state index contributed by atoms with van der Waals surface area (Å²) in [6, 6.07) is 0. The standard InChI is InChI=1S/C13H25NO5/c1-13(12(16)17)3-5-14(6-4-13)9-11(15)10-19-8-7-18-2/h11,15H,3-10H2,1-2H3,(H,16,17). The van der Waals surface area contributed by atoms with Crippen LogP contribution in [0.1, 0.15) is 19.8 Å². The van der Waals surface area contributed by atoms with Crippen molar-refractivity contribution in [2.24, 2.45) is 5.41 Å². The number of carboxylic acids is 1. The minimum absolute atomic E-state index is 0.288. The van der Waals surface area contributed by atoms with E-state index in [0.29, 0.717) is 45.7 Å². The first-order valence-electron chi connectivity index (χ1n) is 6.68. The van der Waals surface area contributed by atoms with E-state index >= 15 is 0 Å². The molecule has 19 heavy (non-hydrogen) atoms. The van der Waals surface area contributed by atoms with Crippen molar-refractivity contribution in [2.45, 2.75) is 25.9 Å². The van der Waals surface area contributed by atoms with E-state index in [1.807, 2.05) is 0 Å². The number of aliphatic hydroxyl groups excluding tert-OH is 1. The number of piperidine rings is 1. The molecule has 6 heteroatoms. The van der Waals surface area contributed by atoms with Gasteiger partial charge in [-0.2, -0.15) is 0 Å². The summed E-state index contributed by atoms with van der Waals surface area (Å²) in [5.74, 6) is -0.726. The fourth-order valence-corrected chi connectivity index (χ4v) is 2.16. The third-order valence-corrected chi connectivity index (χ3v) is 3.69. The fourth-order valence-electron chi connectivity index (χ4n) is 2.16. The third-order valence-electron chi connectivity index (χ3n) is 3.69. The number of β-amino-alcohol motifs (C(OH)–C–C–N with tert-alkyl or cyclic N) is 1. The van der Waals surface area contributed by atoms with Crippen LogP contribution in [-0.2, 0) is 14.3 Å². The van der Waals surface area contributed by atoms with Crippen LogP contribution in [0.2, 0.25) is 0 Å². The van der Waals surface area contributed by atoms with Crippen LogP contribution >= 0.6 is 0 Å². The maximum atomic E-state index is 11.1. The molecule has 1 saturated heterocycles. The van der Waals surface area contributed by atoms with E-state index in [-0.39, 0.29) is 6.61 Å². The average Bonchev–Trinajstić information content (AvgIpc) is 2.37. The van der Waals surface area contributed by atoms with Gasteiger partial charge in [0, 0.05) is 13.7 Å². The summed E-state index contributed by atoms with van der Waals surface area (Å²) in [4.78, 5) is 13.2. The first kappa shape index (κ1) is 16.4. The molecule has 1 atom stereocenters. The van der Waals surface area contributed by atoms with Crippen LogP contribution in [0.3, 0.4) is 0 Å². The van der Waals surface area contributed by atoms with E-state index in [2.05, 4.69) is 4.90 Å². The Morgan fingerprint density at radius 2 is 2.00 bits per heavy atom. The quantitative estimate of drug-likeness (QED) is 0.616. The van der Waals surface area contributed by atoms with Crippen LogP contribution in [0.25, 0.3) is 0 Å². The van der Waals surface area contributed by atoms with Gasteiger partial charge in [-0.15, -0.1) is 0 Å². The normalized spacial score (nSPS) is 21.2. The molecule has 6 nitrogen and oxygen atoms in total. The molecule has 1 aliphatic heterocycles. The number of methoxy groups -OCH3 is 1. The molecule has 0 amide bonds. The zero-order valence-electron chi connectivity index (χ0n) is 11.8. The number of hydrogen-bond acceptors (Lipinski definition) is 5. The number of nitrogens with zero attached hydrogens (tertiary/aromatic N) is 1. The van der Waals surface area contributed by atoms with Crippen LogP contribution < -0.4 is 0 Å². The number of carbonyl (C=O) groups is 1. The number of aliphatic hydroxyl groups is 1. The maximum Gasteiger partial charge on any atom is 0.309 e. The Morgan fingerprint density at radius 1 is 1.37 bits per heavy atom. The first-order chi connectivity index (χ1) is 8.98. The minimum Gasteiger partial charge on any atom is -0.481 e. The monoisotopic (exact) mass is 275 g/mol. The van der Waals surface area contributed by atoms with Crippen molar-refractivity contribution in [3.8, 4) is 0 Å². The van der Waals surface area contributed by atoms with Crippen molar-refractivity contribution in [1.82, 2.24) is 4.90 Å². The number of rotatable bonds is 8. The molecule has 1 unspecified atom stereocenters. The highest BCUT2D eigenvalue weighted by Gasteiger charge is 2.36. The van der Waals surface area contributed by atoms with Gasteiger partial charge in [-0.3, -0.25) is 4.79 Å². The largest absolute Gasteiger partial charge is 0.481 e. The molecule has 0 spiro atoms. The zero-order valence-corrected chi connectivity index (χ0v) is 11.8. The molecule has 1 aliphatic rings. The van der Waals surface area contributed by atoms with E-state index in [4.69, 9.17) is 14.6 Å². The van der Waals surface area contributed by atoms with E-state index in [1.54, 1.807) is 14.0 Å². The Morgan fingerprint density at radius 3 is 2.53 bits per heavy atom. The van der Waals surface area contributed by atoms with Gasteiger partial charge in [-0.1, -0.05) is 0 Å². The van der Waals surface area contributed by atoms with E-state index in [0.717, 1.165) is 0 Å². The molecular formula is C13H25NO5. The number of carboxylic acid groups (broad SMARTS) is 1. The molecule has 1 rings (SSSR count). The Hall–Kier alpha value is -0.690. The molecule has 2 N–H and O–H groups in total. The van der Waals surface area contributed by atoms with E-state index in [9.17, 15) is 9.90 Å². The molecule has 0 bridgehead atoms. The summed E-state index contributed by atoms with van der Waals surface area (Å²) in [5, 5.41) is 18.9. The van der Waals surface area contributed by atoms with Gasteiger partial charge in [0.2, 0.25) is 0 Å². The highest BCUT2D eigenvalue weighted by atomic mass is 16.5. The number of aliphatic carboxylic acids is 1. The van der Waals surface area contributed by atoms with Crippen LogP contribution in [0.5, 0.6) is 0 Å². The topological polar surface area (TPSA) is 79.2 Å². The predicted octanol–water partition coefficient (Wildman–Crippen LogP) is 0.197. The Labute approximate surface area is 114 Å². The van der Waals surface area contributed by atoms with Gasteiger partial charge in [0.25, 0.3) is 0 Å². The molecule has 1 fully saturated rings. The van der Waals surface area contributed by atoms with Crippen molar-refractivity contribution in [3.05, 3.63) is 0 Å². The van der Waals surface area contributed by atoms with Gasteiger partial charge < -0.3 is 24.6 Å². The van der Waals surface area contributed by atoms with Crippen molar-refractivity contribution < 1.29 is 24.5 Å². The minimum atomic E-state index is -0.726. The first-order valence-corrected chi connectivity index (χ1v) is 6.68. The van der Waals surface area contributed by atoms with Crippen LogP contribution in [-0.4, -0.2) is 73.8 Å². The molecule has 0 saturated carbocycles. The third kappa shape index (κ3) is 5.44. The lowest BCUT2D eigenvalue weighted by molar-refractivity contribution is -0.150. The molecule has 1 heterocycles. The van der Waals surface area contributed by atoms with Gasteiger partial charge in [-0.05, 0) is 32.9 Å². The summed E-state index contributed by atoms with van der Waals surface area (Å²) in [6.45, 7) is 5.02. The molecular weight excluding hydrogens is 250 g/mol. The van der Waals surface area contributed by atoms with Crippen LogP contribution in [0, 0.1) is 5.41 Å². The van der Waals surface area contributed by atoms with Crippen LogP contribution in [0.15, 0.2) is 0 Å². The summed E-state index contributed by atoms with van der Waals surface area (Å²) in [7, 11) is 1.60. The molecule has 0 aromatic heterocycles. The molecule has 0 aromatic carbocycles. The molecule has 0 radical (unpaired) electrons. The van der Waals surface area contributed by atoms with E-state index in [1.165, 1.54) is 0 Å². The Bertz CT molecular complexity index is 276.